The fourth-order valence-corrected chi connectivity index (χ4v) is 9.87. The Morgan fingerprint density at radius 3 is 2.64 bits per heavy atom. The smallest absolute Gasteiger partial charge is 0.311 e. The molecular weight excluding hydrogens is 554 g/mol. The number of aliphatic hydroxyl groups excluding tert-OH is 1. The van der Waals surface area contributed by atoms with Crippen LogP contribution in [0.5, 0.6) is 0 Å². The van der Waals surface area contributed by atoms with E-state index in [1.807, 2.05) is 30.3 Å². The summed E-state index contributed by atoms with van der Waals surface area (Å²) in [6.45, 7) is 13.9. The number of carbonyl (C=O) groups is 3. The normalized spacial score (nSPS) is 31.0. The second-order valence-corrected chi connectivity index (χ2v) is 13.3. The highest BCUT2D eigenvalue weighted by Crippen LogP contribution is 2.69. The van der Waals surface area contributed by atoms with E-state index in [0.717, 1.165) is 25.1 Å². The maximum absolute atomic E-state index is 14.8. The number of morpholine rings is 1. The molecule has 5 rings (SSSR count). The van der Waals surface area contributed by atoms with Gasteiger partial charge in [0.05, 0.1) is 42.4 Å². The Balaban J connectivity index is 1.52. The van der Waals surface area contributed by atoms with E-state index in [1.54, 1.807) is 27.6 Å². The van der Waals surface area contributed by atoms with Gasteiger partial charge in [-0.05, 0) is 24.3 Å². The predicted octanol–water partition coefficient (Wildman–Crippen LogP) is 2.00. The molecule has 3 unspecified atom stereocenters. The van der Waals surface area contributed by atoms with E-state index in [1.165, 1.54) is 6.08 Å². The summed E-state index contributed by atoms with van der Waals surface area (Å²) in [6, 6.07) is 8.26. The molecule has 4 saturated heterocycles. The Kier molecular flexibility index (Phi) is 9.77. The van der Waals surface area contributed by atoms with Crippen LogP contribution in [0.1, 0.15) is 18.9 Å². The molecule has 1 aromatic rings. The number of carbonyl (C=O) groups excluding carboxylic acids is 3. The average molecular weight is 598 g/mol. The molecule has 0 saturated carbocycles. The first-order valence-electron chi connectivity index (χ1n) is 15.0. The lowest BCUT2D eigenvalue weighted by Crippen LogP contribution is -2.60. The molecule has 4 aliphatic heterocycles. The Morgan fingerprint density at radius 1 is 1.24 bits per heavy atom. The van der Waals surface area contributed by atoms with Crippen LogP contribution in [0.25, 0.3) is 0 Å². The van der Waals surface area contributed by atoms with E-state index in [2.05, 4.69) is 25.0 Å². The Hall–Kier alpha value is -2.66. The highest BCUT2D eigenvalue weighted by Gasteiger charge is 2.77. The third kappa shape index (κ3) is 5.54. The number of esters is 1. The third-order valence-corrected chi connectivity index (χ3v) is 11.5. The van der Waals surface area contributed by atoms with Gasteiger partial charge in [0.15, 0.2) is 0 Å². The van der Waals surface area contributed by atoms with Gasteiger partial charge in [-0.2, -0.15) is 0 Å². The maximum Gasteiger partial charge on any atom is 0.311 e. The van der Waals surface area contributed by atoms with Gasteiger partial charge in [0.2, 0.25) is 11.8 Å². The molecule has 0 aliphatic carbocycles. The van der Waals surface area contributed by atoms with Gasteiger partial charge < -0.3 is 24.4 Å². The second kappa shape index (κ2) is 13.3. The lowest BCUT2D eigenvalue weighted by Gasteiger charge is -2.42. The van der Waals surface area contributed by atoms with E-state index in [9.17, 15) is 19.5 Å². The minimum Gasteiger partial charge on any atom is -0.461 e. The first-order valence-corrected chi connectivity index (χ1v) is 15.9. The molecule has 4 heterocycles. The zero-order valence-corrected chi connectivity index (χ0v) is 25.3. The molecule has 4 fully saturated rings. The van der Waals surface area contributed by atoms with Crippen LogP contribution >= 0.6 is 11.8 Å². The van der Waals surface area contributed by atoms with Crippen LogP contribution in [0.2, 0.25) is 0 Å². The van der Waals surface area contributed by atoms with Gasteiger partial charge in [-0.1, -0.05) is 56.0 Å². The maximum atomic E-state index is 14.8. The zero-order valence-electron chi connectivity index (χ0n) is 24.4. The highest BCUT2D eigenvalue weighted by molar-refractivity contribution is 8.02. The van der Waals surface area contributed by atoms with Crippen molar-refractivity contribution in [1.82, 2.24) is 14.7 Å². The Labute approximate surface area is 252 Å². The van der Waals surface area contributed by atoms with Crippen LogP contribution < -0.4 is 0 Å². The van der Waals surface area contributed by atoms with Gasteiger partial charge in [-0.25, -0.2) is 0 Å². The molecule has 4 aliphatic rings. The van der Waals surface area contributed by atoms with Crippen LogP contribution in [0.3, 0.4) is 0 Å². The summed E-state index contributed by atoms with van der Waals surface area (Å²) in [7, 11) is 0. The number of hydrogen-bond acceptors (Lipinski definition) is 8. The molecule has 2 bridgehead atoms. The lowest BCUT2D eigenvalue weighted by atomic mass is 9.66. The molecule has 2 amide bonds. The number of rotatable bonds is 13. The van der Waals surface area contributed by atoms with E-state index in [-0.39, 0.29) is 36.2 Å². The summed E-state index contributed by atoms with van der Waals surface area (Å²) in [4.78, 5) is 48.4. The highest BCUT2D eigenvalue weighted by atomic mass is 32.2. The standard InChI is InChI=1S/C32H43N3O6S/c1-4-11-34(13-12-33-14-17-40-18-15-33)30(38)28-32-22(3)19-25(42-32)26(31(39)41-16-5-2)27(32)29(37)35(28)24(21-36)20-23-9-7-6-8-10-23/h4-10,22,24-28,36H,1-2,11-21H2,3H3/t22?,24-,25-,26+,27+,28?,32?/m1/s1. The van der Waals surface area contributed by atoms with E-state index in [0.29, 0.717) is 39.3 Å². The van der Waals surface area contributed by atoms with Crippen LogP contribution in [0.15, 0.2) is 55.6 Å². The molecule has 10 heteroatoms. The van der Waals surface area contributed by atoms with Crippen molar-refractivity contribution in [2.24, 2.45) is 17.8 Å². The summed E-state index contributed by atoms with van der Waals surface area (Å²) in [5, 5.41) is 10.6. The average Bonchev–Trinajstić information content (AvgIpc) is 3.61. The van der Waals surface area contributed by atoms with Crippen molar-refractivity contribution >= 4 is 29.5 Å². The monoisotopic (exact) mass is 597 g/mol. The van der Waals surface area contributed by atoms with Gasteiger partial charge in [-0.15, -0.1) is 18.3 Å². The topological polar surface area (TPSA) is 99.6 Å². The van der Waals surface area contributed by atoms with E-state index >= 15 is 0 Å². The number of fused-ring (bicyclic) bond motifs is 1. The number of nitrogens with zero attached hydrogens (tertiary/aromatic N) is 3. The largest absolute Gasteiger partial charge is 0.461 e. The molecule has 42 heavy (non-hydrogen) atoms. The molecule has 0 radical (unpaired) electrons. The molecule has 1 spiro atoms. The molecule has 1 N–H and O–H groups in total. The van der Waals surface area contributed by atoms with Crippen LogP contribution in [-0.2, 0) is 30.3 Å². The van der Waals surface area contributed by atoms with Gasteiger partial charge in [0, 0.05) is 38.0 Å². The first-order chi connectivity index (χ1) is 20.4. The molecule has 0 aromatic heterocycles. The molecule has 9 nitrogen and oxygen atoms in total. The fraction of sp³-hybridized carbons (Fsp3) is 0.594. The number of likely N-dealkylation sites (tertiary alicyclic amines) is 1. The summed E-state index contributed by atoms with van der Waals surface area (Å²) in [5.74, 6) is -2.12. The summed E-state index contributed by atoms with van der Waals surface area (Å²) in [6.07, 6.45) is 4.37. The Bertz CT molecular complexity index is 1160. The van der Waals surface area contributed by atoms with Crippen molar-refractivity contribution in [3.8, 4) is 0 Å². The van der Waals surface area contributed by atoms with Crippen LogP contribution in [0, 0.1) is 17.8 Å². The molecule has 7 atom stereocenters. The SMILES string of the molecule is C=CCOC(=O)[C@@H]1[C@H]2C(=O)N([C@@H](CO)Cc3ccccc3)C(C(=O)N(CC=C)CCN3CCOCC3)C23S[C@@H]1CC3C. The van der Waals surface area contributed by atoms with Gasteiger partial charge >= 0.3 is 5.97 Å². The quantitative estimate of drug-likeness (QED) is 0.272. The molecular formula is C32H43N3O6S. The number of thioether (sulfide) groups is 1. The number of aliphatic hydroxyl groups is 1. The van der Waals surface area contributed by atoms with Crippen molar-refractivity contribution in [3.05, 3.63) is 61.2 Å². The second-order valence-electron chi connectivity index (χ2n) is 11.8. The fourth-order valence-electron chi connectivity index (χ4n) is 7.48. The minimum absolute atomic E-state index is 0.0183. The molecule has 228 valence electrons. The van der Waals surface area contributed by atoms with Gasteiger partial charge in [0.25, 0.3) is 0 Å². The molecule has 1 aromatic carbocycles. The van der Waals surface area contributed by atoms with Crippen LogP contribution in [0.4, 0.5) is 0 Å². The van der Waals surface area contributed by atoms with Crippen molar-refractivity contribution in [3.63, 3.8) is 0 Å². The first kappa shape index (κ1) is 30.8. The number of benzene rings is 1. The number of hydrogen-bond donors (Lipinski definition) is 1. The van der Waals surface area contributed by atoms with Crippen molar-refractivity contribution < 1.29 is 29.0 Å². The number of ether oxygens (including phenoxy) is 2. The van der Waals surface area contributed by atoms with Crippen molar-refractivity contribution in [2.75, 3.05) is 59.2 Å². The Morgan fingerprint density at radius 2 is 1.98 bits per heavy atom. The third-order valence-electron chi connectivity index (χ3n) is 9.40. The summed E-state index contributed by atoms with van der Waals surface area (Å²) >= 11 is 1.62. The summed E-state index contributed by atoms with van der Waals surface area (Å²) in [5.41, 5.74) is 0.965. The lowest BCUT2D eigenvalue weighted by molar-refractivity contribution is -0.154. The van der Waals surface area contributed by atoms with Crippen molar-refractivity contribution in [1.29, 1.82) is 0 Å². The minimum atomic E-state index is -0.817. The zero-order chi connectivity index (χ0) is 29.9. The van der Waals surface area contributed by atoms with Gasteiger partial charge in [0.1, 0.15) is 12.6 Å². The van der Waals surface area contributed by atoms with E-state index in [4.69, 9.17) is 9.47 Å². The number of amides is 2. The van der Waals surface area contributed by atoms with Crippen molar-refractivity contribution in [2.45, 2.75) is 41.8 Å². The van der Waals surface area contributed by atoms with Gasteiger partial charge in [-0.3, -0.25) is 19.3 Å². The summed E-state index contributed by atoms with van der Waals surface area (Å²) < 4.78 is 10.2. The van der Waals surface area contributed by atoms with Crippen LogP contribution in [-0.4, -0.2) is 119 Å². The van der Waals surface area contributed by atoms with E-state index < -0.39 is 34.6 Å². The predicted molar refractivity (Wildman–Crippen MR) is 162 cm³/mol.